The molecule has 2 rings (SSSR count). The average Bonchev–Trinajstić information content (AvgIpc) is 2.69. The van der Waals surface area contributed by atoms with Gasteiger partial charge in [0, 0.05) is 23.7 Å². The van der Waals surface area contributed by atoms with Gasteiger partial charge in [-0.15, -0.1) is 11.3 Å². The van der Waals surface area contributed by atoms with Gasteiger partial charge in [-0.05, 0) is 12.8 Å². The predicted molar refractivity (Wildman–Crippen MR) is 57.2 cm³/mol. The van der Waals surface area contributed by atoms with Gasteiger partial charge in [-0.1, -0.05) is 12.8 Å². The molecule has 0 bridgehead atoms. The van der Waals surface area contributed by atoms with Crippen LogP contribution in [0, 0.1) is 0 Å². The van der Waals surface area contributed by atoms with Gasteiger partial charge in [0.2, 0.25) is 0 Å². The van der Waals surface area contributed by atoms with Crippen molar-refractivity contribution in [1.82, 2.24) is 10.3 Å². The van der Waals surface area contributed by atoms with Crippen LogP contribution in [0.25, 0.3) is 0 Å². The van der Waals surface area contributed by atoms with Gasteiger partial charge in [0.05, 0.1) is 11.6 Å². The minimum atomic E-state index is -0.156. The van der Waals surface area contributed by atoms with Gasteiger partial charge in [0.25, 0.3) is 0 Å². The molecule has 0 saturated heterocycles. The minimum absolute atomic E-state index is 0.156. The maximum Gasteiger partial charge on any atom is 0.0794 e. The molecule has 0 spiro atoms. The molecule has 2 N–H and O–H groups in total. The molecule has 1 fully saturated rings. The Bertz CT molecular complexity index is 263. The van der Waals surface area contributed by atoms with Crippen LogP contribution < -0.4 is 5.32 Å². The Balaban J connectivity index is 1.79. The molecule has 1 aromatic rings. The smallest absolute Gasteiger partial charge is 0.0794 e. The number of aliphatic hydroxyl groups is 1. The Hall–Kier alpha value is -0.450. The second-order valence-electron chi connectivity index (χ2n) is 3.81. The van der Waals surface area contributed by atoms with Gasteiger partial charge in [0.15, 0.2) is 0 Å². The molecule has 1 heterocycles. The van der Waals surface area contributed by atoms with Crippen LogP contribution in [-0.2, 0) is 6.54 Å². The molecule has 1 aliphatic rings. The molecule has 0 radical (unpaired) electrons. The molecule has 78 valence electrons. The van der Waals surface area contributed by atoms with E-state index in [1.165, 1.54) is 17.7 Å². The van der Waals surface area contributed by atoms with Crippen molar-refractivity contribution in [3.63, 3.8) is 0 Å². The number of aromatic nitrogens is 1. The van der Waals surface area contributed by atoms with E-state index in [1.54, 1.807) is 11.3 Å². The van der Waals surface area contributed by atoms with Crippen LogP contribution in [0.5, 0.6) is 0 Å². The highest BCUT2D eigenvalue weighted by Gasteiger charge is 2.22. The van der Waals surface area contributed by atoms with Gasteiger partial charge in [0.1, 0.15) is 0 Å². The fourth-order valence-corrected chi connectivity index (χ4v) is 2.46. The summed E-state index contributed by atoms with van der Waals surface area (Å²) in [4.78, 5) is 5.26. The summed E-state index contributed by atoms with van der Waals surface area (Å²) < 4.78 is 0. The Morgan fingerprint density at radius 1 is 1.50 bits per heavy atom. The molecule has 3 nitrogen and oxygen atoms in total. The molecule has 14 heavy (non-hydrogen) atoms. The zero-order valence-corrected chi connectivity index (χ0v) is 8.96. The fraction of sp³-hybridized carbons (Fsp3) is 0.700. The zero-order chi connectivity index (χ0) is 9.80. The lowest BCUT2D eigenvalue weighted by molar-refractivity contribution is 0.0904. The van der Waals surface area contributed by atoms with E-state index in [1.807, 2.05) is 11.7 Å². The summed E-state index contributed by atoms with van der Waals surface area (Å²) in [6, 6.07) is 0.283. The number of rotatable bonds is 3. The van der Waals surface area contributed by atoms with Crippen molar-refractivity contribution in [3.05, 3.63) is 16.6 Å². The van der Waals surface area contributed by atoms with E-state index in [0.29, 0.717) is 0 Å². The highest BCUT2D eigenvalue weighted by molar-refractivity contribution is 7.09. The Morgan fingerprint density at radius 3 is 3.07 bits per heavy atom. The average molecular weight is 212 g/mol. The molecule has 0 amide bonds. The summed E-state index contributed by atoms with van der Waals surface area (Å²) in [6.07, 6.45) is 6.17. The monoisotopic (exact) mass is 212 g/mol. The number of thiazole rings is 1. The molecule has 4 heteroatoms. The number of nitrogens with one attached hydrogen (secondary N) is 1. The third kappa shape index (κ3) is 2.53. The van der Waals surface area contributed by atoms with Crippen LogP contribution in [0.3, 0.4) is 0 Å². The lowest BCUT2D eigenvalue weighted by atomic mass is 9.93. The molecule has 0 aromatic carbocycles. The number of hydrogen-bond donors (Lipinski definition) is 2. The van der Waals surface area contributed by atoms with Gasteiger partial charge < -0.3 is 10.4 Å². The fourth-order valence-electron chi connectivity index (χ4n) is 1.91. The van der Waals surface area contributed by atoms with Gasteiger partial charge in [-0.25, -0.2) is 0 Å². The summed E-state index contributed by atoms with van der Waals surface area (Å²) in [5.74, 6) is 0. The zero-order valence-electron chi connectivity index (χ0n) is 8.15. The molecule has 1 saturated carbocycles. The van der Waals surface area contributed by atoms with Crippen molar-refractivity contribution >= 4 is 11.3 Å². The molecule has 1 aliphatic carbocycles. The summed E-state index contributed by atoms with van der Waals surface area (Å²) in [6.45, 7) is 0.840. The first-order chi connectivity index (χ1) is 6.86. The first-order valence-corrected chi connectivity index (χ1v) is 6.03. The van der Waals surface area contributed by atoms with Gasteiger partial charge in [-0.3, -0.25) is 4.98 Å². The van der Waals surface area contributed by atoms with Crippen molar-refractivity contribution in [3.8, 4) is 0 Å². The van der Waals surface area contributed by atoms with E-state index in [0.717, 1.165) is 19.4 Å². The lowest BCUT2D eigenvalue weighted by Gasteiger charge is -2.28. The SMILES string of the molecule is O[C@@H]1CCCC[C@H]1NCc1cncs1. The maximum absolute atomic E-state index is 9.72. The molecule has 2 atom stereocenters. The van der Waals surface area contributed by atoms with Crippen LogP contribution >= 0.6 is 11.3 Å². The minimum Gasteiger partial charge on any atom is -0.392 e. The van der Waals surface area contributed by atoms with Crippen molar-refractivity contribution in [2.75, 3.05) is 0 Å². The second kappa shape index (κ2) is 4.87. The third-order valence-corrected chi connectivity index (χ3v) is 3.53. The van der Waals surface area contributed by atoms with Crippen LogP contribution in [0.2, 0.25) is 0 Å². The van der Waals surface area contributed by atoms with Crippen molar-refractivity contribution in [2.24, 2.45) is 0 Å². The number of nitrogens with zero attached hydrogens (tertiary/aromatic N) is 1. The summed E-state index contributed by atoms with van der Waals surface area (Å²) >= 11 is 1.66. The number of hydrogen-bond acceptors (Lipinski definition) is 4. The van der Waals surface area contributed by atoms with Crippen LogP contribution in [-0.4, -0.2) is 22.2 Å². The number of aliphatic hydroxyl groups excluding tert-OH is 1. The molecule has 0 unspecified atom stereocenters. The normalized spacial score (nSPS) is 27.8. The first-order valence-electron chi connectivity index (χ1n) is 5.15. The van der Waals surface area contributed by atoms with Crippen molar-refractivity contribution < 1.29 is 5.11 Å². The lowest BCUT2D eigenvalue weighted by Crippen LogP contribution is -2.41. The highest BCUT2D eigenvalue weighted by Crippen LogP contribution is 2.19. The maximum atomic E-state index is 9.72. The largest absolute Gasteiger partial charge is 0.392 e. The van der Waals surface area contributed by atoms with E-state index < -0.39 is 0 Å². The van der Waals surface area contributed by atoms with Crippen LogP contribution in [0.1, 0.15) is 30.6 Å². The quantitative estimate of drug-likeness (QED) is 0.799. The topological polar surface area (TPSA) is 45.1 Å². The van der Waals surface area contributed by atoms with Crippen LogP contribution in [0.4, 0.5) is 0 Å². The Labute approximate surface area is 88.2 Å². The Morgan fingerprint density at radius 2 is 2.36 bits per heavy atom. The standard InChI is InChI=1S/C10H16N2OS/c13-10-4-2-1-3-9(10)12-6-8-5-11-7-14-8/h5,7,9-10,12-13H,1-4,6H2/t9-,10-/m1/s1. The van der Waals surface area contributed by atoms with E-state index in [-0.39, 0.29) is 12.1 Å². The van der Waals surface area contributed by atoms with Crippen molar-refractivity contribution in [1.29, 1.82) is 0 Å². The van der Waals surface area contributed by atoms with E-state index in [4.69, 9.17) is 0 Å². The van der Waals surface area contributed by atoms with E-state index in [2.05, 4.69) is 10.3 Å². The second-order valence-corrected chi connectivity index (χ2v) is 4.78. The summed E-state index contributed by atoms with van der Waals surface area (Å²) in [5.41, 5.74) is 1.84. The molecular formula is C10H16N2OS. The van der Waals surface area contributed by atoms with E-state index in [9.17, 15) is 5.11 Å². The van der Waals surface area contributed by atoms with Gasteiger partial charge >= 0.3 is 0 Å². The van der Waals surface area contributed by atoms with Crippen LogP contribution in [0.15, 0.2) is 11.7 Å². The molecule has 0 aliphatic heterocycles. The third-order valence-electron chi connectivity index (χ3n) is 2.75. The predicted octanol–water partition coefficient (Wildman–Crippen LogP) is 1.54. The van der Waals surface area contributed by atoms with Crippen molar-refractivity contribution in [2.45, 2.75) is 44.4 Å². The summed E-state index contributed by atoms with van der Waals surface area (Å²) in [5, 5.41) is 13.1. The molecule has 1 aromatic heterocycles. The summed E-state index contributed by atoms with van der Waals surface area (Å²) in [7, 11) is 0. The molecular weight excluding hydrogens is 196 g/mol. The highest BCUT2D eigenvalue weighted by atomic mass is 32.1. The first kappa shape index (κ1) is 10.1. The Kier molecular flexibility index (Phi) is 3.50. The van der Waals surface area contributed by atoms with Gasteiger partial charge in [-0.2, -0.15) is 0 Å². The van der Waals surface area contributed by atoms with E-state index >= 15 is 0 Å².